The van der Waals surface area contributed by atoms with Crippen LogP contribution in [0.25, 0.3) is 10.8 Å². The lowest BCUT2D eigenvalue weighted by molar-refractivity contribution is 0.174. The molecule has 0 spiro atoms. The van der Waals surface area contributed by atoms with Gasteiger partial charge in [-0.3, -0.25) is 4.98 Å². The molecule has 116 valence electrons. The fraction of sp³-hybridized carbons (Fsp3) is 0.167. The number of phenols is 1. The number of hydrogen-bond donors (Lipinski definition) is 1. The number of benzene rings is 2. The third kappa shape index (κ3) is 2.40. The van der Waals surface area contributed by atoms with Crippen LogP contribution >= 0.6 is 0 Å². The number of hydrogen-bond acceptors (Lipinski definition) is 5. The molecule has 0 bridgehead atoms. The average molecular weight is 309 g/mol. The topological polar surface area (TPSA) is 60.8 Å². The Morgan fingerprint density at radius 3 is 2.74 bits per heavy atom. The highest BCUT2D eigenvalue weighted by molar-refractivity contribution is 5.88. The molecule has 0 radical (unpaired) electrons. The number of methoxy groups -OCH3 is 1. The summed E-state index contributed by atoms with van der Waals surface area (Å²) < 4.78 is 15.9. The minimum Gasteiger partial charge on any atom is -0.504 e. The van der Waals surface area contributed by atoms with E-state index in [4.69, 9.17) is 14.2 Å². The third-order valence-corrected chi connectivity index (χ3v) is 3.95. The molecule has 0 saturated heterocycles. The van der Waals surface area contributed by atoms with Crippen molar-refractivity contribution in [2.24, 2.45) is 0 Å². The van der Waals surface area contributed by atoms with E-state index in [2.05, 4.69) is 4.98 Å². The molecule has 1 aromatic heterocycles. The Bertz CT molecular complexity index is 892. The van der Waals surface area contributed by atoms with E-state index in [0.29, 0.717) is 12.2 Å². The van der Waals surface area contributed by atoms with Crippen LogP contribution in [0.2, 0.25) is 0 Å². The lowest BCUT2D eigenvalue weighted by Gasteiger charge is -2.09. The summed E-state index contributed by atoms with van der Waals surface area (Å²) in [4.78, 5) is 4.49. The smallest absolute Gasteiger partial charge is 0.231 e. The van der Waals surface area contributed by atoms with Crippen LogP contribution in [-0.2, 0) is 6.42 Å². The van der Waals surface area contributed by atoms with Crippen LogP contribution in [0.5, 0.6) is 23.0 Å². The number of phenolic OH excluding ortho intramolecular Hbond substituents is 1. The van der Waals surface area contributed by atoms with Crippen LogP contribution < -0.4 is 14.2 Å². The number of aromatic hydroxyl groups is 1. The van der Waals surface area contributed by atoms with Gasteiger partial charge >= 0.3 is 0 Å². The molecule has 23 heavy (non-hydrogen) atoms. The second-order valence-corrected chi connectivity index (χ2v) is 5.37. The van der Waals surface area contributed by atoms with E-state index < -0.39 is 0 Å². The maximum Gasteiger partial charge on any atom is 0.231 e. The highest BCUT2D eigenvalue weighted by Crippen LogP contribution is 2.37. The molecule has 0 amide bonds. The van der Waals surface area contributed by atoms with Gasteiger partial charge in [0, 0.05) is 18.0 Å². The van der Waals surface area contributed by atoms with E-state index in [1.165, 1.54) is 7.11 Å². The van der Waals surface area contributed by atoms with Crippen LogP contribution in [0, 0.1) is 0 Å². The Hall–Kier alpha value is -2.95. The van der Waals surface area contributed by atoms with Gasteiger partial charge < -0.3 is 19.3 Å². The quantitative estimate of drug-likeness (QED) is 0.804. The first kappa shape index (κ1) is 13.7. The molecule has 0 aliphatic carbocycles. The molecule has 0 unspecified atom stereocenters. The highest BCUT2D eigenvalue weighted by Gasteiger charge is 2.16. The second-order valence-electron chi connectivity index (χ2n) is 5.37. The number of fused-ring (bicyclic) bond motifs is 2. The Labute approximate surface area is 133 Å². The number of rotatable bonds is 3. The minimum atomic E-state index is 0.128. The summed E-state index contributed by atoms with van der Waals surface area (Å²) in [6.45, 7) is 0.251. The molecule has 2 aromatic carbocycles. The first-order valence-electron chi connectivity index (χ1n) is 7.28. The summed E-state index contributed by atoms with van der Waals surface area (Å²) >= 11 is 0. The zero-order chi connectivity index (χ0) is 15.8. The molecule has 3 aromatic rings. The number of nitrogens with zero attached hydrogens (tertiary/aromatic N) is 1. The van der Waals surface area contributed by atoms with Crippen molar-refractivity contribution in [2.45, 2.75) is 6.42 Å². The maximum absolute atomic E-state index is 9.93. The SMILES string of the molecule is COc1ccc(Cc2nccc3cc4c(cc23)OCO4)cc1O. The maximum atomic E-state index is 9.93. The molecule has 1 N–H and O–H groups in total. The largest absolute Gasteiger partial charge is 0.504 e. The van der Waals surface area contributed by atoms with Gasteiger partial charge in [0.05, 0.1) is 12.8 Å². The summed E-state index contributed by atoms with van der Waals surface area (Å²) in [6, 6.07) is 11.3. The molecule has 4 rings (SSSR count). The van der Waals surface area contributed by atoms with E-state index >= 15 is 0 Å². The van der Waals surface area contributed by atoms with Crippen LogP contribution in [-0.4, -0.2) is 24.0 Å². The third-order valence-electron chi connectivity index (χ3n) is 3.95. The van der Waals surface area contributed by atoms with Gasteiger partial charge in [-0.15, -0.1) is 0 Å². The zero-order valence-electron chi connectivity index (χ0n) is 12.6. The Kier molecular flexibility index (Phi) is 3.19. The summed E-state index contributed by atoms with van der Waals surface area (Å²) in [6.07, 6.45) is 2.39. The molecule has 0 saturated carbocycles. The fourth-order valence-electron chi connectivity index (χ4n) is 2.80. The lowest BCUT2D eigenvalue weighted by atomic mass is 10.0. The summed E-state index contributed by atoms with van der Waals surface area (Å²) in [5, 5.41) is 12.0. The lowest BCUT2D eigenvalue weighted by Crippen LogP contribution is -1.94. The van der Waals surface area contributed by atoms with Gasteiger partial charge in [-0.2, -0.15) is 0 Å². The molecular weight excluding hydrogens is 294 g/mol. The first-order chi connectivity index (χ1) is 11.2. The second kappa shape index (κ2) is 5.35. The molecule has 2 heterocycles. The van der Waals surface area contributed by atoms with Gasteiger partial charge in [-0.1, -0.05) is 6.07 Å². The molecule has 0 fully saturated rings. The molecular formula is C18H15NO4. The number of ether oxygens (including phenoxy) is 3. The zero-order valence-corrected chi connectivity index (χ0v) is 12.6. The van der Waals surface area contributed by atoms with Gasteiger partial charge in [0.2, 0.25) is 6.79 Å². The van der Waals surface area contributed by atoms with Crippen molar-refractivity contribution < 1.29 is 19.3 Å². The summed E-state index contributed by atoms with van der Waals surface area (Å²) in [5.74, 6) is 2.09. The van der Waals surface area contributed by atoms with E-state index in [1.807, 2.05) is 24.3 Å². The standard InChI is InChI=1S/C18H15NO4/c1-21-16-3-2-11(7-15(16)20)6-14-13-9-18-17(22-10-23-18)8-12(13)4-5-19-14/h2-5,7-9,20H,6,10H2,1H3. The monoisotopic (exact) mass is 309 g/mol. The fourth-order valence-corrected chi connectivity index (χ4v) is 2.80. The van der Waals surface area contributed by atoms with Crippen LogP contribution in [0.3, 0.4) is 0 Å². The van der Waals surface area contributed by atoms with Gasteiger partial charge in [0.1, 0.15) is 0 Å². The normalized spacial score (nSPS) is 12.6. The van der Waals surface area contributed by atoms with Crippen LogP contribution in [0.15, 0.2) is 42.6 Å². The predicted molar refractivity (Wildman–Crippen MR) is 85.3 cm³/mol. The van der Waals surface area contributed by atoms with E-state index in [-0.39, 0.29) is 12.5 Å². The predicted octanol–water partition coefficient (Wildman–Crippen LogP) is 3.27. The van der Waals surface area contributed by atoms with Crippen molar-refractivity contribution in [3.63, 3.8) is 0 Å². The Morgan fingerprint density at radius 2 is 1.96 bits per heavy atom. The summed E-state index contributed by atoms with van der Waals surface area (Å²) in [5.41, 5.74) is 1.88. The van der Waals surface area contributed by atoms with Gasteiger partial charge in [0.25, 0.3) is 0 Å². The van der Waals surface area contributed by atoms with Gasteiger partial charge in [0.15, 0.2) is 23.0 Å². The highest BCUT2D eigenvalue weighted by atomic mass is 16.7. The van der Waals surface area contributed by atoms with Crippen molar-refractivity contribution in [2.75, 3.05) is 13.9 Å². The van der Waals surface area contributed by atoms with Crippen molar-refractivity contribution in [3.05, 3.63) is 53.9 Å². The number of pyridine rings is 1. The molecule has 1 aliphatic heterocycles. The first-order valence-corrected chi connectivity index (χ1v) is 7.28. The van der Waals surface area contributed by atoms with Crippen molar-refractivity contribution >= 4 is 10.8 Å². The van der Waals surface area contributed by atoms with E-state index in [0.717, 1.165) is 33.5 Å². The van der Waals surface area contributed by atoms with Crippen molar-refractivity contribution in [3.8, 4) is 23.0 Å². The molecule has 5 nitrogen and oxygen atoms in total. The number of aromatic nitrogens is 1. The van der Waals surface area contributed by atoms with Gasteiger partial charge in [-0.25, -0.2) is 0 Å². The minimum absolute atomic E-state index is 0.128. The molecule has 1 aliphatic rings. The van der Waals surface area contributed by atoms with Crippen molar-refractivity contribution in [1.82, 2.24) is 4.98 Å². The van der Waals surface area contributed by atoms with Crippen LogP contribution in [0.4, 0.5) is 0 Å². The van der Waals surface area contributed by atoms with E-state index in [9.17, 15) is 5.11 Å². The molecule has 5 heteroatoms. The van der Waals surface area contributed by atoms with Crippen molar-refractivity contribution in [1.29, 1.82) is 0 Å². The average Bonchev–Trinajstić information content (AvgIpc) is 3.01. The van der Waals surface area contributed by atoms with Crippen LogP contribution in [0.1, 0.15) is 11.3 Å². The van der Waals surface area contributed by atoms with Gasteiger partial charge in [-0.05, 0) is 41.3 Å². The Balaban J connectivity index is 1.75. The summed E-state index contributed by atoms with van der Waals surface area (Å²) in [7, 11) is 1.53. The van der Waals surface area contributed by atoms with E-state index in [1.54, 1.807) is 18.3 Å². The molecule has 0 atom stereocenters. The Morgan fingerprint density at radius 1 is 1.13 bits per heavy atom.